The standard InChI is InChI=1S/2C19H28N2O2.2ClH.H2O/c2*1-13(2)21-14(3)12-18-17(6-5-11-20-19(18)22)15-7-9-16(23-4)10-8-15;;;/h2*7-10,13-14,21H,5-6,11-12H2,1-4H3,(H,20,22);2*1H;1H2. The number of carbonyl (C=O) groups excluding carboxylic acids is 2. The molecular formula is C38H60Cl2N4O5. The molecule has 2 unspecified atom stereocenters. The molecule has 0 spiro atoms. The second kappa shape index (κ2) is 23.3. The van der Waals surface area contributed by atoms with Crippen molar-refractivity contribution in [3.63, 3.8) is 0 Å². The molecule has 11 heteroatoms. The third-order valence-corrected chi connectivity index (χ3v) is 8.19. The number of halogens is 2. The van der Waals surface area contributed by atoms with E-state index in [1.165, 1.54) is 11.1 Å². The molecule has 2 aliphatic rings. The lowest BCUT2D eigenvalue weighted by Crippen LogP contribution is -2.35. The number of carbonyl (C=O) groups is 2. The second-order valence-corrected chi connectivity index (χ2v) is 12.9. The van der Waals surface area contributed by atoms with Gasteiger partial charge in [0.05, 0.1) is 14.2 Å². The van der Waals surface area contributed by atoms with Crippen LogP contribution < -0.4 is 30.7 Å². The van der Waals surface area contributed by atoms with Crippen LogP contribution in [0, 0.1) is 0 Å². The molecule has 0 aromatic heterocycles. The summed E-state index contributed by atoms with van der Waals surface area (Å²) in [6.07, 6.45) is 5.28. The molecule has 0 saturated carbocycles. The molecule has 2 amide bonds. The summed E-state index contributed by atoms with van der Waals surface area (Å²) in [6, 6.07) is 17.4. The minimum absolute atomic E-state index is 0. The molecule has 9 nitrogen and oxygen atoms in total. The molecule has 0 saturated heterocycles. The van der Waals surface area contributed by atoms with Crippen LogP contribution in [-0.4, -0.2) is 68.8 Å². The Labute approximate surface area is 306 Å². The van der Waals surface area contributed by atoms with Gasteiger partial charge in [0.2, 0.25) is 11.8 Å². The molecular weight excluding hydrogens is 663 g/mol. The fraction of sp³-hybridized carbons (Fsp3) is 0.526. The van der Waals surface area contributed by atoms with Crippen molar-refractivity contribution in [1.82, 2.24) is 21.3 Å². The molecule has 6 N–H and O–H groups in total. The number of hydrogen-bond acceptors (Lipinski definition) is 6. The maximum Gasteiger partial charge on any atom is 0.247 e. The fourth-order valence-corrected chi connectivity index (χ4v) is 6.25. The number of hydrogen-bond donors (Lipinski definition) is 4. The quantitative estimate of drug-likeness (QED) is 0.204. The number of methoxy groups -OCH3 is 2. The SMILES string of the molecule is COc1ccc(C2=C(CC(C)NC(C)C)C(=O)NCCC2)cc1.COc1ccc(C2=C(CC(C)NC(C)C)C(=O)NCCC2)cc1.Cl.Cl.O. The third kappa shape index (κ3) is 14.7. The van der Waals surface area contributed by atoms with Crippen molar-refractivity contribution >= 4 is 47.8 Å². The van der Waals surface area contributed by atoms with Gasteiger partial charge in [0.25, 0.3) is 0 Å². The lowest BCUT2D eigenvalue weighted by atomic mass is 9.92. The van der Waals surface area contributed by atoms with E-state index in [1.54, 1.807) is 14.2 Å². The zero-order chi connectivity index (χ0) is 33.6. The number of benzene rings is 2. The van der Waals surface area contributed by atoms with E-state index >= 15 is 0 Å². The van der Waals surface area contributed by atoms with Crippen LogP contribution in [0.5, 0.6) is 11.5 Å². The molecule has 2 heterocycles. The molecule has 0 fully saturated rings. The van der Waals surface area contributed by atoms with Gasteiger partial charge in [-0.25, -0.2) is 0 Å². The maximum atomic E-state index is 12.5. The van der Waals surface area contributed by atoms with Crippen LogP contribution in [0.4, 0.5) is 0 Å². The molecule has 49 heavy (non-hydrogen) atoms. The fourth-order valence-electron chi connectivity index (χ4n) is 6.25. The van der Waals surface area contributed by atoms with Crippen LogP contribution in [0.3, 0.4) is 0 Å². The van der Waals surface area contributed by atoms with Gasteiger partial charge in [0.1, 0.15) is 11.5 Å². The summed E-state index contributed by atoms with van der Waals surface area (Å²) in [5.74, 6) is 1.82. The first-order chi connectivity index (χ1) is 22.0. The van der Waals surface area contributed by atoms with Crippen LogP contribution in [0.2, 0.25) is 0 Å². The Morgan fingerprint density at radius 2 is 0.939 bits per heavy atom. The van der Waals surface area contributed by atoms with Crippen molar-refractivity contribution in [1.29, 1.82) is 0 Å². The number of rotatable bonds is 12. The Kier molecular flexibility index (Phi) is 21.9. The van der Waals surface area contributed by atoms with Crippen molar-refractivity contribution in [3.8, 4) is 11.5 Å². The zero-order valence-corrected chi connectivity index (χ0v) is 32.2. The van der Waals surface area contributed by atoms with Crippen molar-refractivity contribution in [2.24, 2.45) is 0 Å². The van der Waals surface area contributed by atoms with E-state index in [0.717, 1.165) is 85.4 Å². The third-order valence-electron chi connectivity index (χ3n) is 8.19. The first-order valence-electron chi connectivity index (χ1n) is 16.8. The molecule has 2 aromatic carbocycles. The van der Waals surface area contributed by atoms with E-state index in [9.17, 15) is 9.59 Å². The lowest BCUT2D eigenvalue weighted by molar-refractivity contribution is -0.118. The number of nitrogens with one attached hydrogen (secondary N) is 4. The minimum atomic E-state index is 0. The number of allylic oxidation sites excluding steroid dienone is 2. The average Bonchev–Trinajstić information content (AvgIpc) is 3.32. The molecule has 0 bridgehead atoms. The zero-order valence-electron chi connectivity index (χ0n) is 30.5. The lowest BCUT2D eigenvalue weighted by Gasteiger charge is -2.20. The monoisotopic (exact) mass is 722 g/mol. The largest absolute Gasteiger partial charge is 0.497 e. The molecule has 4 rings (SSSR count). The smallest absolute Gasteiger partial charge is 0.247 e. The van der Waals surface area contributed by atoms with Gasteiger partial charge in [-0.2, -0.15) is 0 Å². The number of amides is 2. The Morgan fingerprint density at radius 3 is 1.22 bits per heavy atom. The van der Waals surface area contributed by atoms with Gasteiger partial charge in [-0.1, -0.05) is 52.0 Å². The van der Waals surface area contributed by atoms with Gasteiger partial charge in [-0.15, -0.1) is 24.8 Å². The first-order valence-corrected chi connectivity index (χ1v) is 16.8. The molecule has 0 radical (unpaired) electrons. The summed E-state index contributed by atoms with van der Waals surface area (Å²) in [5, 5.41) is 13.0. The van der Waals surface area contributed by atoms with Crippen molar-refractivity contribution in [2.45, 2.75) is 104 Å². The summed E-state index contributed by atoms with van der Waals surface area (Å²) in [4.78, 5) is 25.0. The summed E-state index contributed by atoms with van der Waals surface area (Å²) in [6.45, 7) is 14.3. The Hall–Kier alpha value is -3.08. The summed E-state index contributed by atoms with van der Waals surface area (Å²) in [5.41, 5.74) is 6.39. The Morgan fingerprint density at radius 1 is 0.612 bits per heavy atom. The summed E-state index contributed by atoms with van der Waals surface area (Å²) >= 11 is 0. The topological polar surface area (TPSA) is 132 Å². The van der Waals surface area contributed by atoms with E-state index in [1.807, 2.05) is 48.5 Å². The summed E-state index contributed by atoms with van der Waals surface area (Å²) in [7, 11) is 3.33. The minimum Gasteiger partial charge on any atom is -0.497 e. The molecule has 2 aromatic rings. The molecule has 2 atom stereocenters. The van der Waals surface area contributed by atoms with Gasteiger partial charge in [-0.05, 0) is 98.9 Å². The van der Waals surface area contributed by atoms with Crippen molar-refractivity contribution < 1.29 is 24.5 Å². The Bertz CT molecular complexity index is 1240. The molecule has 0 aliphatic carbocycles. The van der Waals surface area contributed by atoms with E-state index < -0.39 is 0 Å². The maximum absolute atomic E-state index is 12.5. The van der Waals surface area contributed by atoms with Crippen molar-refractivity contribution in [2.75, 3.05) is 27.3 Å². The van der Waals surface area contributed by atoms with Crippen LogP contribution >= 0.6 is 24.8 Å². The average molecular weight is 724 g/mol. The van der Waals surface area contributed by atoms with Gasteiger partial charge in [0.15, 0.2) is 0 Å². The highest BCUT2D eigenvalue weighted by molar-refractivity contribution is 6.02. The predicted molar refractivity (Wildman–Crippen MR) is 207 cm³/mol. The first kappa shape index (κ1) is 45.9. The van der Waals surface area contributed by atoms with E-state index in [4.69, 9.17) is 9.47 Å². The molecule has 276 valence electrons. The molecule has 2 aliphatic heterocycles. The van der Waals surface area contributed by atoms with Gasteiger partial charge < -0.3 is 36.2 Å². The van der Waals surface area contributed by atoms with Crippen LogP contribution in [-0.2, 0) is 9.59 Å². The normalized spacial score (nSPS) is 16.0. The van der Waals surface area contributed by atoms with E-state index in [-0.39, 0.29) is 54.2 Å². The van der Waals surface area contributed by atoms with Crippen LogP contribution in [0.1, 0.15) is 91.2 Å². The van der Waals surface area contributed by atoms with E-state index in [0.29, 0.717) is 12.1 Å². The highest BCUT2D eigenvalue weighted by atomic mass is 35.5. The van der Waals surface area contributed by atoms with E-state index in [2.05, 4.69) is 62.8 Å². The number of ether oxygens (including phenoxy) is 2. The van der Waals surface area contributed by atoms with Crippen molar-refractivity contribution in [3.05, 3.63) is 70.8 Å². The highest BCUT2D eigenvalue weighted by Crippen LogP contribution is 2.31. The summed E-state index contributed by atoms with van der Waals surface area (Å²) < 4.78 is 10.5. The predicted octanol–water partition coefficient (Wildman–Crippen LogP) is 6.29. The van der Waals surface area contributed by atoms with Crippen LogP contribution in [0.25, 0.3) is 11.1 Å². The van der Waals surface area contributed by atoms with Crippen LogP contribution in [0.15, 0.2) is 59.7 Å². The highest BCUT2D eigenvalue weighted by Gasteiger charge is 2.23. The van der Waals surface area contributed by atoms with Gasteiger partial charge in [0, 0.05) is 48.4 Å². The van der Waals surface area contributed by atoms with Gasteiger partial charge >= 0.3 is 0 Å². The van der Waals surface area contributed by atoms with Gasteiger partial charge in [-0.3, -0.25) is 9.59 Å². The Balaban J connectivity index is 0.000000886. The second-order valence-electron chi connectivity index (χ2n) is 12.9.